The van der Waals surface area contributed by atoms with Crippen molar-refractivity contribution in [1.29, 1.82) is 0 Å². The zero-order chi connectivity index (χ0) is 20.5. The number of anilines is 1. The van der Waals surface area contributed by atoms with E-state index in [9.17, 15) is 14.4 Å². The molecular weight excluding hydrogens is 412 g/mol. The van der Waals surface area contributed by atoms with E-state index in [1.54, 1.807) is 12.1 Å². The number of hydrogen-bond acceptors (Lipinski definition) is 5. The number of nitrogens with one attached hydrogen (secondary N) is 2. The van der Waals surface area contributed by atoms with Crippen LogP contribution in [0, 0.1) is 0 Å². The van der Waals surface area contributed by atoms with Gasteiger partial charge in [0.05, 0.1) is 10.9 Å². The lowest BCUT2D eigenvalue weighted by molar-refractivity contribution is 0.0956. The van der Waals surface area contributed by atoms with E-state index in [2.05, 4.69) is 10.6 Å². The molecule has 8 heteroatoms. The van der Waals surface area contributed by atoms with Crippen LogP contribution >= 0.6 is 22.9 Å². The van der Waals surface area contributed by atoms with Crippen molar-refractivity contribution in [2.24, 2.45) is 0 Å². The van der Waals surface area contributed by atoms with E-state index in [1.165, 1.54) is 17.4 Å². The monoisotopic (exact) mass is 430 g/mol. The van der Waals surface area contributed by atoms with Gasteiger partial charge in [0.25, 0.3) is 11.8 Å². The molecule has 1 aliphatic carbocycles. The average molecular weight is 431 g/mol. The van der Waals surface area contributed by atoms with Crippen LogP contribution in [0.4, 0.5) is 5.00 Å². The number of fused-ring (bicyclic) bond motifs is 2. The van der Waals surface area contributed by atoms with E-state index in [0.29, 0.717) is 27.5 Å². The number of halogens is 1. The molecule has 0 fully saturated rings. The molecule has 4 rings (SSSR count). The summed E-state index contributed by atoms with van der Waals surface area (Å²) in [7, 11) is 0. The molecular formula is C21H19ClN2O4S. The van der Waals surface area contributed by atoms with Gasteiger partial charge in [-0.3, -0.25) is 14.4 Å². The summed E-state index contributed by atoms with van der Waals surface area (Å²) in [5.41, 5.74) is 1.46. The number of hydrogen-bond donors (Lipinski definition) is 2. The zero-order valence-electron chi connectivity index (χ0n) is 15.8. The Labute approximate surface area is 175 Å². The maximum atomic E-state index is 12.8. The van der Waals surface area contributed by atoms with Crippen LogP contribution < -0.4 is 16.1 Å². The van der Waals surface area contributed by atoms with Crippen LogP contribution in [0.15, 0.2) is 33.5 Å². The predicted octanol–water partition coefficient (Wildman–Crippen LogP) is 4.39. The SMILES string of the molecule is CCNC(=O)c1c(NC(=O)c2cc(=O)c3cc(Cl)ccc3o2)sc2c1CCCC2. The van der Waals surface area contributed by atoms with E-state index in [-0.39, 0.29) is 22.7 Å². The number of amides is 2. The third kappa shape index (κ3) is 3.80. The van der Waals surface area contributed by atoms with Gasteiger partial charge in [0.15, 0.2) is 11.2 Å². The molecule has 0 aliphatic heterocycles. The smallest absolute Gasteiger partial charge is 0.292 e. The molecule has 0 spiro atoms. The Morgan fingerprint density at radius 3 is 2.76 bits per heavy atom. The van der Waals surface area contributed by atoms with E-state index in [0.717, 1.165) is 42.2 Å². The first-order valence-electron chi connectivity index (χ1n) is 9.45. The first-order chi connectivity index (χ1) is 14.0. The molecule has 0 atom stereocenters. The standard InChI is InChI=1S/C21H19ClN2O4S/c1-2-23-20(27)18-12-5-3-4-6-17(12)29-21(18)24-19(26)16-10-14(25)13-9-11(22)7-8-15(13)28-16/h7-10H,2-6H2,1H3,(H,23,27)(H,24,26). The van der Waals surface area contributed by atoms with Gasteiger partial charge in [0.2, 0.25) is 0 Å². The highest BCUT2D eigenvalue weighted by atomic mass is 35.5. The van der Waals surface area contributed by atoms with Crippen molar-refractivity contribution >= 4 is 50.7 Å². The third-order valence-electron chi connectivity index (χ3n) is 4.88. The highest BCUT2D eigenvalue weighted by Gasteiger charge is 2.27. The van der Waals surface area contributed by atoms with Crippen molar-refractivity contribution in [2.45, 2.75) is 32.6 Å². The summed E-state index contributed by atoms with van der Waals surface area (Å²) < 4.78 is 5.61. The minimum Gasteiger partial charge on any atom is -0.451 e. The summed E-state index contributed by atoms with van der Waals surface area (Å²) in [4.78, 5) is 39.0. The highest BCUT2D eigenvalue weighted by molar-refractivity contribution is 7.17. The zero-order valence-corrected chi connectivity index (χ0v) is 17.3. The van der Waals surface area contributed by atoms with Gasteiger partial charge >= 0.3 is 0 Å². The maximum absolute atomic E-state index is 12.8. The second-order valence-corrected chi connectivity index (χ2v) is 8.39. The second-order valence-electron chi connectivity index (χ2n) is 6.84. The number of benzene rings is 1. The molecule has 3 aromatic rings. The quantitative estimate of drug-likeness (QED) is 0.642. The molecule has 0 saturated heterocycles. The van der Waals surface area contributed by atoms with E-state index < -0.39 is 5.91 Å². The summed E-state index contributed by atoms with van der Waals surface area (Å²) >= 11 is 7.35. The molecule has 2 heterocycles. The molecule has 29 heavy (non-hydrogen) atoms. The Morgan fingerprint density at radius 1 is 1.17 bits per heavy atom. The summed E-state index contributed by atoms with van der Waals surface area (Å²) in [5, 5.41) is 6.82. The number of aryl methyl sites for hydroxylation is 1. The predicted molar refractivity (Wildman–Crippen MR) is 114 cm³/mol. The van der Waals surface area contributed by atoms with Gasteiger partial charge in [0.1, 0.15) is 10.6 Å². The summed E-state index contributed by atoms with van der Waals surface area (Å²) in [6.07, 6.45) is 3.80. The summed E-state index contributed by atoms with van der Waals surface area (Å²) in [6, 6.07) is 5.80. The lowest BCUT2D eigenvalue weighted by Gasteiger charge is -2.12. The first kappa shape index (κ1) is 19.7. The lowest BCUT2D eigenvalue weighted by Crippen LogP contribution is -2.25. The Kier molecular flexibility index (Phi) is 5.43. The fourth-order valence-electron chi connectivity index (χ4n) is 3.55. The number of carbonyl (C=O) groups excluding carboxylic acids is 2. The van der Waals surface area contributed by atoms with Crippen LogP contribution in [0.25, 0.3) is 11.0 Å². The Balaban J connectivity index is 1.71. The van der Waals surface area contributed by atoms with Gasteiger partial charge in [0, 0.05) is 22.5 Å². The maximum Gasteiger partial charge on any atom is 0.292 e. The second kappa shape index (κ2) is 8.00. The Hall–Kier alpha value is -2.64. The first-order valence-corrected chi connectivity index (χ1v) is 10.6. The van der Waals surface area contributed by atoms with Crippen LogP contribution in [0.5, 0.6) is 0 Å². The molecule has 1 aliphatic rings. The van der Waals surface area contributed by atoms with Crippen molar-refractivity contribution in [1.82, 2.24) is 5.32 Å². The van der Waals surface area contributed by atoms with Crippen molar-refractivity contribution in [3.63, 3.8) is 0 Å². The molecule has 0 saturated carbocycles. The minimum atomic E-state index is -0.567. The molecule has 2 N–H and O–H groups in total. The van der Waals surface area contributed by atoms with Crippen LogP contribution in [-0.2, 0) is 12.8 Å². The highest BCUT2D eigenvalue weighted by Crippen LogP contribution is 2.38. The van der Waals surface area contributed by atoms with Gasteiger partial charge in [-0.25, -0.2) is 0 Å². The molecule has 2 amide bonds. The van der Waals surface area contributed by atoms with Crippen molar-refractivity contribution in [2.75, 3.05) is 11.9 Å². The van der Waals surface area contributed by atoms with Gasteiger partial charge in [-0.15, -0.1) is 11.3 Å². The van der Waals surface area contributed by atoms with Crippen LogP contribution in [-0.4, -0.2) is 18.4 Å². The largest absolute Gasteiger partial charge is 0.451 e. The molecule has 2 aromatic heterocycles. The summed E-state index contributed by atoms with van der Waals surface area (Å²) in [5.74, 6) is -0.877. The topological polar surface area (TPSA) is 88.4 Å². The molecule has 0 radical (unpaired) electrons. The van der Waals surface area contributed by atoms with Gasteiger partial charge < -0.3 is 15.1 Å². The van der Waals surface area contributed by atoms with Crippen LogP contribution in [0.1, 0.15) is 51.1 Å². The van der Waals surface area contributed by atoms with Gasteiger partial charge in [-0.1, -0.05) is 11.6 Å². The third-order valence-corrected chi connectivity index (χ3v) is 6.32. The minimum absolute atomic E-state index is 0.113. The van der Waals surface area contributed by atoms with E-state index in [4.69, 9.17) is 16.0 Å². The van der Waals surface area contributed by atoms with Gasteiger partial charge in [-0.2, -0.15) is 0 Å². The molecule has 0 bridgehead atoms. The fraction of sp³-hybridized carbons (Fsp3) is 0.286. The van der Waals surface area contributed by atoms with Crippen LogP contribution in [0.2, 0.25) is 5.02 Å². The van der Waals surface area contributed by atoms with Crippen molar-refractivity contribution < 1.29 is 14.0 Å². The number of thiophene rings is 1. The van der Waals surface area contributed by atoms with Crippen LogP contribution in [0.3, 0.4) is 0 Å². The van der Waals surface area contributed by atoms with E-state index >= 15 is 0 Å². The molecule has 1 aromatic carbocycles. The normalized spacial score (nSPS) is 13.2. The number of carbonyl (C=O) groups is 2. The van der Waals surface area contributed by atoms with E-state index in [1.807, 2.05) is 6.92 Å². The summed E-state index contributed by atoms with van der Waals surface area (Å²) in [6.45, 7) is 2.35. The van der Waals surface area contributed by atoms with Crippen molar-refractivity contribution in [3.05, 3.63) is 61.3 Å². The molecule has 6 nitrogen and oxygen atoms in total. The number of rotatable bonds is 4. The molecule has 150 valence electrons. The fourth-order valence-corrected chi connectivity index (χ4v) is 5.00. The Morgan fingerprint density at radius 2 is 1.97 bits per heavy atom. The van der Waals surface area contributed by atoms with Gasteiger partial charge in [-0.05, 0) is 56.4 Å². The Bertz CT molecular complexity index is 1180. The lowest BCUT2D eigenvalue weighted by atomic mass is 9.95. The molecule has 0 unspecified atom stereocenters. The average Bonchev–Trinajstić information content (AvgIpc) is 3.06. The van der Waals surface area contributed by atoms with Crippen molar-refractivity contribution in [3.8, 4) is 0 Å².